The predicted octanol–water partition coefficient (Wildman–Crippen LogP) is 3.02. The summed E-state index contributed by atoms with van der Waals surface area (Å²) < 4.78 is 13.3. The number of nitrogens with zero attached hydrogens (tertiary/aromatic N) is 1. The van der Waals surface area contributed by atoms with Crippen LogP contribution in [0.4, 0.5) is 4.39 Å². The Morgan fingerprint density at radius 2 is 2.22 bits per heavy atom. The minimum absolute atomic E-state index is 0.0118. The maximum Gasteiger partial charge on any atom is 0.262 e. The van der Waals surface area contributed by atoms with Crippen LogP contribution in [0.2, 0.25) is 0 Å². The molecule has 0 aromatic heterocycles. The molecule has 0 atom stereocenters. The number of carbonyl (C=O) groups is 1. The lowest BCUT2D eigenvalue weighted by atomic mass is 10.1. The first-order valence-corrected chi connectivity index (χ1v) is 6.11. The van der Waals surface area contributed by atoms with Crippen molar-refractivity contribution >= 4 is 27.9 Å². The second-order valence-electron chi connectivity index (χ2n) is 3.97. The van der Waals surface area contributed by atoms with Crippen LogP contribution >= 0.6 is 15.9 Å². The minimum Gasteiger partial charge on any atom is -0.349 e. The third-order valence-corrected chi connectivity index (χ3v) is 2.65. The van der Waals surface area contributed by atoms with Gasteiger partial charge in [-0.15, -0.1) is 0 Å². The third-order valence-electron chi connectivity index (χ3n) is 2.04. The van der Waals surface area contributed by atoms with Crippen molar-refractivity contribution < 1.29 is 9.18 Å². The van der Waals surface area contributed by atoms with Crippen molar-refractivity contribution in [1.29, 1.82) is 5.26 Å². The highest BCUT2D eigenvalue weighted by Crippen LogP contribution is 2.18. The molecule has 1 amide bonds. The first kappa shape index (κ1) is 14.4. The van der Waals surface area contributed by atoms with Gasteiger partial charge in [0.1, 0.15) is 17.5 Å². The molecule has 0 aliphatic rings. The predicted molar refractivity (Wildman–Crippen MR) is 71.0 cm³/mol. The molecule has 0 unspecified atom stereocenters. The van der Waals surface area contributed by atoms with Crippen molar-refractivity contribution in [3.8, 4) is 6.07 Å². The second kappa shape index (κ2) is 6.31. The molecule has 0 bridgehead atoms. The first-order chi connectivity index (χ1) is 8.43. The van der Waals surface area contributed by atoms with E-state index in [-0.39, 0.29) is 16.1 Å². The zero-order valence-corrected chi connectivity index (χ0v) is 11.6. The van der Waals surface area contributed by atoms with E-state index in [1.165, 1.54) is 24.3 Å². The summed E-state index contributed by atoms with van der Waals surface area (Å²) in [7, 11) is 0. The number of nitriles is 1. The largest absolute Gasteiger partial charge is 0.349 e. The lowest BCUT2D eigenvalue weighted by Gasteiger charge is -2.07. The van der Waals surface area contributed by atoms with Gasteiger partial charge in [-0.25, -0.2) is 4.39 Å². The normalized spacial score (nSPS) is 11.2. The molecule has 0 fully saturated rings. The van der Waals surface area contributed by atoms with E-state index >= 15 is 0 Å². The quantitative estimate of drug-likeness (QED) is 0.689. The summed E-state index contributed by atoms with van der Waals surface area (Å²) in [5, 5.41) is 11.6. The number of carbonyl (C=O) groups excluding carboxylic acids is 1. The maximum atomic E-state index is 13.0. The molecule has 1 aromatic rings. The topological polar surface area (TPSA) is 52.9 Å². The Kier molecular flexibility index (Phi) is 5.05. The Morgan fingerprint density at radius 3 is 2.72 bits per heavy atom. The SMILES string of the molecule is CC(C)NC(=O)C(C#N)=Cc1ccc(F)c(Br)c1. The van der Waals surface area contributed by atoms with Gasteiger partial charge in [0, 0.05) is 6.04 Å². The molecule has 18 heavy (non-hydrogen) atoms. The highest BCUT2D eigenvalue weighted by Gasteiger charge is 2.10. The van der Waals surface area contributed by atoms with Crippen molar-refractivity contribution in [2.75, 3.05) is 0 Å². The molecule has 1 rings (SSSR count). The summed E-state index contributed by atoms with van der Waals surface area (Å²) in [6.45, 7) is 3.61. The zero-order chi connectivity index (χ0) is 13.7. The van der Waals surface area contributed by atoms with E-state index in [1.807, 2.05) is 6.07 Å². The molecule has 3 nitrogen and oxygen atoms in total. The number of hydrogen-bond donors (Lipinski definition) is 1. The van der Waals surface area contributed by atoms with E-state index in [4.69, 9.17) is 5.26 Å². The first-order valence-electron chi connectivity index (χ1n) is 5.31. The van der Waals surface area contributed by atoms with Crippen LogP contribution in [0.25, 0.3) is 6.08 Å². The molecule has 0 heterocycles. The van der Waals surface area contributed by atoms with Crippen molar-refractivity contribution in [3.63, 3.8) is 0 Å². The van der Waals surface area contributed by atoms with Crippen molar-refractivity contribution in [2.45, 2.75) is 19.9 Å². The van der Waals surface area contributed by atoms with Crippen LogP contribution in [0, 0.1) is 17.1 Å². The summed E-state index contributed by atoms with van der Waals surface area (Å²) in [6, 6.07) is 6.06. The Bertz CT molecular complexity index is 532. The molecule has 0 saturated carbocycles. The monoisotopic (exact) mass is 310 g/mol. The molecule has 1 N–H and O–H groups in total. The number of nitrogens with one attached hydrogen (secondary N) is 1. The van der Waals surface area contributed by atoms with Crippen LogP contribution in [0.5, 0.6) is 0 Å². The average Bonchev–Trinajstić information content (AvgIpc) is 2.29. The fraction of sp³-hybridized carbons (Fsp3) is 0.231. The van der Waals surface area contributed by atoms with E-state index < -0.39 is 11.7 Å². The van der Waals surface area contributed by atoms with Gasteiger partial charge >= 0.3 is 0 Å². The van der Waals surface area contributed by atoms with Gasteiger partial charge in [0.15, 0.2) is 0 Å². The molecule has 0 aliphatic carbocycles. The molecule has 5 heteroatoms. The number of amides is 1. The fourth-order valence-electron chi connectivity index (χ4n) is 1.26. The van der Waals surface area contributed by atoms with E-state index in [9.17, 15) is 9.18 Å². The zero-order valence-electron chi connectivity index (χ0n) is 10.00. The van der Waals surface area contributed by atoms with Gasteiger partial charge in [0.2, 0.25) is 0 Å². The number of benzene rings is 1. The lowest BCUT2D eigenvalue weighted by molar-refractivity contribution is -0.117. The highest BCUT2D eigenvalue weighted by atomic mass is 79.9. The van der Waals surface area contributed by atoms with E-state index in [0.29, 0.717) is 5.56 Å². The van der Waals surface area contributed by atoms with Crippen LogP contribution in [0.3, 0.4) is 0 Å². The average molecular weight is 311 g/mol. The smallest absolute Gasteiger partial charge is 0.262 e. The number of rotatable bonds is 3. The van der Waals surface area contributed by atoms with Crippen LogP contribution in [-0.2, 0) is 4.79 Å². The molecule has 0 saturated heterocycles. The summed E-state index contributed by atoms with van der Waals surface area (Å²) in [5.74, 6) is -0.828. The Morgan fingerprint density at radius 1 is 1.56 bits per heavy atom. The summed E-state index contributed by atoms with van der Waals surface area (Å²) in [4.78, 5) is 11.7. The molecule has 94 valence electrons. The van der Waals surface area contributed by atoms with E-state index in [0.717, 1.165) is 0 Å². The van der Waals surface area contributed by atoms with Gasteiger partial charge in [-0.2, -0.15) is 5.26 Å². The molecule has 1 aromatic carbocycles. The van der Waals surface area contributed by atoms with Gasteiger partial charge in [0.05, 0.1) is 4.47 Å². The van der Waals surface area contributed by atoms with Crippen LogP contribution in [0.15, 0.2) is 28.2 Å². The number of halogens is 2. The van der Waals surface area contributed by atoms with Crippen molar-refractivity contribution in [1.82, 2.24) is 5.32 Å². The van der Waals surface area contributed by atoms with Gasteiger partial charge < -0.3 is 5.32 Å². The molecular weight excluding hydrogens is 299 g/mol. The Labute approximate surface area is 113 Å². The van der Waals surface area contributed by atoms with Gasteiger partial charge in [-0.05, 0) is 53.5 Å². The number of hydrogen-bond acceptors (Lipinski definition) is 2. The van der Waals surface area contributed by atoms with Gasteiger partial charge in [0.25, 0.3) is 5.91 Å². The van der Waals surface area contributed by atoms with Crippen LogP contribution in [0.1, 0.15) is 19.4 Å². The van der Waals surface area contributed by atoms with Crippen molar-refractivity contribution in [2.24, 2.45) is 0 Å². The Balaban J connectivity index is 3.01. The summed E-state index contributed by atoms with van der Waals surface area (Å²) in [5.41, 5.74) is 0.570. The van der Waals surface area contributed by atoms with Gasteiger partial charge in [-0.1, -0.05) is 6.07 Å². The molecular formula is C13H12BrFN2O. The molecule has 0 radical (unpaired) electrons. The highest BCUT2D eigenvalue weighted by molar-refractivity contribution is 9.10. The van der Waals surface area contributed by atoms with Crippen molar-refractivity contribution in [3.05, 3.63) is 39.6 Å². The Hall–Kier alpha value is -1.67. The van der Waals surface area contributed by atoms with Crippen LogP contribution < -0.4 is 5.32 Å². The van der Waals surface area contributed by atoms with Crippen LogP contribution in [-0.4, -0.2) is 11.9 Å². The maximum absolute atomic E-state index is 13.0. The summed E-state index contributed by atoms with van der Waals surface area (Å²) in [6.07, 6.45) is 1.42. The van der Waals surface area contributed by atoms with E-state index in [2.05, 4.69) is 21.2 Å². The molecule has 0 aliphatic heterocycles. The molecule has 0 spiro atoms. The summed E-state index contributed by atoms with van der Waals surface area (Å²) >= 11 is 3.05. The third kappa shape index (κ3) is 3.97. The standard InChI is InChI=1S/C13H12BrFN2O/c1-8(2)17-13(18)10(7-16)5-9-3-4-12(15)11(14)6-9/h3-6,8H,1-2H3,(H,17,18). The lowest BCUT2D eigenvalue weighted by Crippen LogP contribution is -2.30. The second-order valence-corrected chi connectivity index (χ2v) is 4.83. The van der Waals surface area contributed by atoms with E-state index in [1.54, 1.807) is 13.8 Å². The fourth-order valence-corrected chi connectivity index (χ4v) is 1.65. The van der Waals surface area contributed by atoms with Gasteiger partial charge in [-0.3, -0.25) is 4.79 Å². The minimum atomic E-state index is -0.437.